The van der Waals surface area contributed by atoms with Crippen molar-refractivity contribution in [1.82, 2.24) is 4.90 Å². The Kier molecular flexibility index (Phi) is 1.76. The predicted octanol–water partition coefficient (Wildman–Crippen LogP) is 1.93. The van der Waals surface area contributed by atoms with Crippen LogP contribution in [0.2, 0.25) is 0 Å². The lowest BCUT2D eigenvalue weighted by Gasteiger charge is -2.57. The molecule has 2 heterocycles. The van der Waals surface area contributed by atoms with E-state index in [0.717, 1.165) is 11.1 Å². The van der Waals surface area contributed by atoms with E-state index in [2.05, 4.69) is 0 Å². The summed E-state index contributed by atoms with van der Waals surface area (Å²) in [5, 5.41) is 0. The molecule has 5 rings (SSSR count). The van der Waals surface area contributed by atoms with Gasteiger partial charge in [-0.15, -0.1) is 0 Å². The molecule has 0 aromatic heterocycles. The maximum Gasteiger partial charge on any atom is 0.174 e. The monoisotopic (exact) mass is 303 g/mol. The van der Waals surface area contributed by atoms with Crippen molar-refractivity contribution < 1.29 is 19.8 Å². The molecule has 4 atom stereocenters. The van der Waals surface area contributed by atoms with Gasteiger partial charge >= 0.3 is 0 Å². The number of rotatable bonds is 1. The van der Waals surface area contributed by atoms with E-state index in [1.807, 2.05) is 18.0 Å². The first kappa shape index (κ1) is 9.56. The van der Waals surface area contributed by atoms with Gasteiger partial charge in [0.2, 0.25) is 0 Å². The highest BCUT2D eigenvalue weighted by atomic mass is 16.5. The standard InChI is InChI=1S/C18H21NO3/c1-19-8-7-18-11-4-5-13(20)17(18)22-16-14(21-2)6-3-10(15(16)18)9-12(11)19/h3,6,11-12,17H,4-5,7-9H2,1-2H3/t11-,12+,17?,18-/m0/s1/i5D2,11D,12D. The molecule has 1 saturated carbocycles. The topological polar surface area (TPSA) is 38.8 Å². The normalized spacial score (nSPS) is 50.1. The number of Topliss-reactive ketones (excluding diaryl/α,β-unsaturated/α-hetero) is 1. The molecule has 1 saturated heterocycles. The summed E-state index contributed by atoms with van der Waals surface area (Å²) in [5.41, 5.74) is 0.709. The number of hydrogen-bond donors (Lipinski definition) is 0. The molecule has 2 bridgehead atoms. The number of nitrogens with zero attached hydrogens (tertiary/aromatic N) is 1. The number of benzene rings is 1. The quantitative estimate of drug-likeness (QED) is 0.795. The third-order valence-electron chi connectivity index (χ3n) is 5.78. The molecule has 1 spiro atoms. The molecule has 4 nitrogen and oxygen atoms in total. The first-order valence-corrected chi connectivity index (χ1v) is 7.75. The second kappa shape index (κ2) is 4.05. The second-order valence-corrected chi connectivity index (χ2v) is 6.59. The Morgan fingerprint density at radius 1 is 1.55 bits per heavy atom. The molecule has 2 aliphatic carbocycles. The van der Waals surface area contributed by atoms with Gasteiger partial charge in [0.15, 0.2) is 23.4 Å². The highest BCUT2D eigenvalue weighted by Crippen LogP contribution is 2.62. The van der Waals surface area contributed by atoms with Crippen molar-refractivity contribution in [2.24, 2.45) is 5.89 Å². The Labute approximate surface area is 136 Å². The Morgan fingerprint density at radius 2 is 2.41 bits per heavy atom. The molecule has 4 aliphatic rings. The molecular weight excluding hydrogens is 278 g/mol. The van der Waals surface area contributed by atoms with E-state index in [1.54, 1.807) is 6.07 Å². The molecular formula is C18H21NO3. The van der Waals surface area contributed by atoms with Gasteiger partial charge in [0, 0.05) is 28.9 Å². The zero-order valence-electron chi connectivity index (χ0n) is 16.7. The van der Waals surface area contributed by atoms with E-state index in [1.165, 1.54) is 7.11 Å². The van der Waals surface area contributed by atoms with E-state index in [0.29, 0.717) is 30.9 Å². The highest BCUT2D eigenvalue weighted by molar-refractivity contribution is 5.89. The molecule has 0 N–H and O–H groups in total. The Bertz CT molecular complexity index is 861. The van der Waals surface area contributed by atoms with Crippen LogP contribution in [-0.2, 0) is 16.6 Å². The van der Waals surface area contributed by atoms with Crippen LogP contribution in [0.5, 0.6) is 11.5 Å². The molecule has 4 heteroatoms. The Morgan fingerprint density at radius 3 is 3.23 bits per heavy atom. The van der Waals surface area contributed by atoms with Gasteiger partial charge in [-0.25, -0.2) is 0 Å². The van der Waals surface area contributed by atoms with Crippen molar-refractivity contribution in [3.8, 4) is 11.5 Å². The number of hydrogen-bond acceptors (Lipinski definition) is 4. The van der Waals surface area contributed by atoms with Gasteiger partial charge in [0.1, 0.15) is 0 Å². The number of likely N-dealkylation sites (N-methyl/N-ethyl adjacent to an activating group) is 1. The van der Waals surface area contributed by atoms with E-state index in [-0.39, 0.29) is 6.42 Å². The zero-order chi connectivity index (χ0) is 18.7. The minimum absolute atomic E-state index is 0.289. The van der Waals surface area contributed by atoms with Gasteiger partial charge in [-0.1, -0.05) is 6.07 Å². The Hall–Kier alpha value is -1.55. The van der Waals surface area contributed by atoms with Crippen LogP contribution in [0, 0.1) is 5.89 Å². The fourth-order valence-electron chi connectivity index (χ4n) is 4.78. The van der Waals surface area contributed by atoms with Crippen molar-refractivity contribution in [2.75, 3.05) is 20.7 Å². The van der Waals surface area contributed by atoms with Crippen molar-refractivity contribution in [3.63, 3.8) is 0 Å². The van der Waals surface area contributed by atoms with Crippen LogP contribution in [0.3, 0.4) is 0 Å². The van der Waals surface area contributed by atoms with Gasteiger partial charge in [0.25, 0.3) is 0 Å². The summed E-state index contributed by atoms with van der Waals surface area (Å²) >= 11 is 0. The van der Waals surface area contributed by atoms with Gasteiger partial charge in [-0.2, -0.15) is 0 Å². The molecule has 0 radical (unpaired) electrons. The molecule has 1 unspecified atom stereocenters. The largest absolute Gasteiger partial charge is 0.493 e. The maximum absolute atomic E-state index is 13.0. The number of ketones is 1. The summed E-state index contributed by atoms with van der Waals surface area (Å²) in [5.74, 6) is -1.14. The van der Waals surface area contributed by atoms with Gasteiger partial charge in [0.05, 0.1) is 7.11 Å². The number of ether oxygens (including phenoxy) is 2. The van der Waals surface area contributed by atoms with E-state index >= 15 is 0 Å². The average Bonchev–Trinajstić information content (AvgIpc) is 2.92. The van der Waals surface area contributed by atoms with Crippen molar-refractivity contribution in [1.29, 1.82) is 0 Å². The summed E-state index contributed by atoms with van der Waals surface area (Å²) in [7, 11) is 3.35. The fourth-order valence-corrected chi connectivity index (χ4v) is 4.78. The lowest BCUT2D eigenvalue weighted by Crippen LogP contribution is -2.65. The molecule has 1 aromatic rings. The van der Waals surface area contributed by atoms with Crippen LogP contribution in [-0.4, -0.2) is 43.5 Å². The number of carbonyl (C=O) groups excluding carboxylic acids is 1. The smallest absolute Gasteiger partial charge is 0.174 e. The van der Waals surface area contributed by atoms with Crippen molar-refractivity contribution in [2.45, 2.75) is 43.2 Å². The van der Waals surface area contributed by atoms with E-state index < -0.39 is 35.6 Å². The minimum Gasteiger partial charge on any atom is -0.493 e. The SMILES string of the molecule is [2H]C1([2H])C[C@]2([2H])[C@@]34CCN(C)[C@]2([2H])Cc2ccc(OC)c(c23)OC4C1=O. The highest BCUT2D eigenvalue weighted by Gasteiger charge is 2.65. The fraction of sp³-hybridized carbons (Fsp3) is 0.611. The van der Waals surface area contributed by atoms with Crippen LogP contribution < -0.4 is 9.47 Å². The average molecular weight is 303 g/mol. The minimum atomic E-state index is -2.19. The predicted molar refractivity (Wildman–Crippen MR) is 81.6 cm³/mol. The Balaban J connectivity index is 1.90. The number of methoxy groups -OCH3 is 1. The van der Waals surface area contributed by atoms with E-state index in [9.17, 15) is 7.54 Å². The summed E-state index contributed by atoms with van der Waals surface area (Å²) in [4.78, 5) is 14.8. The van der Waals surface area contributed by atoms with Crippen LogP contribution in [0.15, 0.2) is 12.1 Å². The summed E-state index contributed by atoms with van der Waals surface area (Å²) in [6, 6.07) is 2.36. The number of carbonyl (C=O) groups is 1. The summed E-state index contributed by atoms with van der Waals surface area (Å²) in [6.45, 7) is 0.566. The molecule has 0 amide bonds. The number of likely N-dealkylation sites (tertiary alicyclic amines) is 1. The third-order valence-corrected chi connectivity index (χ3v) is 5.78. The van der Waals surface area contributed by atoms with Gasteiger partial charge < -0.3 is 14.4 Å². The van der Waals surface area contributed by atoms with Crippen molar-refractivity contribution >= 4 is 5.78 Å². The van der Waals surface area contributed by atoms with Crippen LogP contribution in [0.4, 0.5) is 0 Å². The summed E-state index contributed by atoms with van der Waals surface area (Å²) in [6.07, 6.45) is -2.75. The lowest BCUT2D eigenvalue weighted by molar-refractivity contribution is -0.138. The maximum atomic E-state index is 13.0. The summed E-state index contributed by atoms with van der Waals surface area (Å²) < 4.78 is 46.7. The third kappa shape index (κ3) is 1.27. The first-order chi connectivity index (χ1) is 12.1. The zero-order valence-corrected chi connectivity index (χ0v) is 12.7. The second-order valence-electron chi connectivity index (χ2n) is 6.59. The molecule has 116 valence electrons. The van der Waals surface area contributed by atoms with Crippen LogP contribution in [0.1, 0.15) is 35.8 Å². The molecule has 22 heavy (non-hydrogen) atoms. The molecule has 2 aliphatic heterocycles. The first-order valence-electron chi connectivity index (χ1n) is 9.75. The van der Waals surface area contributed by atoms with Crippen molar-refractivity contribution in [3.05, 3.63) is 23.3 Å². The van der Waals surface area contributed by atoms with Crippen LogP contribution in [0.25, 0.3) is 0 Å². The van der Waals surface area contributed by atoms with Crippen LogP contribution >= 0.6 is 0 Å². The molecule has 1 aromatic carbocycles. The number of piperidine rings is 1. The van der Waals surface area contributed by atoms with E-state index in [4.69, 9.17) is 12.2 Å². The molecule has 2 fully saturated rings. The lowest BCUT2D eigenvalue weighted by atomic mass is 9.52. The van der Waals surface area contributed by atoms with Gasteiger partial charge in [-0.05, 0) is 50.4 Å². The van der Waals surface area contributed by atoms with Gasteiger partial charge in [-0.3, -0.25) is 4.79 Å².